The van der Waals surface area contributed by atoms with Gasteiger partial charge in [0.25, 0.3) is 0 Å². The molecule has 0 radical (unpaired) electrons. The molecule has 2 N–H and O–H groups in total. The summed E-state index contributed by atoms with van der Waals surface area (Å²) in [5.41, 5.74) is 2.17. The highest BCUT2D eigenvalue weighted by atomic mass is 32.2. The lowest BCUT2D eigenvalue weighted by atomic mass is 9.94. The molecule has 7 nitrogen and oxygen atoms in total. The van der Waals surface area contributed by atoms with Crippen molar-refractivity contribution in [1.82, 2.24) is 20.2 Å². The average Bonchev–Trinajstić information content (AvgIpc) is 3.58. The number of rotatable bonds is 11. The van der Waals surface area contributed by atoms with E-state index in [4.69, 9.17) is 4.42 Å². The van der Waals surface area contributed by atoms with Crippen molar-refractivity contribution >= 4 is 34.1 Å². The number of hydrogen-bond donors (Lipinski definition) is 2. The molecule has 0 aliphatic carbocycles. The fraction of sp³-hybridized carbons (Fsp3) is 0.500. The number of carbonyl (C=O) groups excluding carboxylic acids is 1. The van der Waals surface area contributed by atoms with Crippen LogP contribution in [0.1, 0.15) is 56.4 Å². The Morgan fingerprint density at radius 1 is 1.11 bits per heavy atom. The molecule has 188 valence electrons. The van der Waals surface area contributed by atoms with Crippen LogP contribution in [0.15, 0.2) is 45.3 Å². The van der Waals surface area contributed by atoms with E-state index in [2.05, 4.69) is 58.4 Å². The van der Waals surface area contributed by atoms with Crippen molar-refractivity contribution in [1.29, 1.82) is 0 Å². The van der Waals surface area contributed by atoms with E-state index in [-0.39, 0.29) is 11.3 Å². The summed E-state index contributed by atoms with van der Waals surface area (Å²) < 4.78 is 6.85. The van der Waals surface area contributed by atoms with Gasteiger partial charge in [-0.1, -0.05) is 56.4 Å². The Kier molecular flexibility index (Phi) is 8.99. The summed E-state index contributed by atoms with van der Waals surface area (Å²) in [6.45, 7) is 11.8. The smallest absolute Gasteiger partial charge is 0.230 e. The second-order valence-electron chi connectivity index (χ2n) is 9.91. The van der Waals surface area contributed by atoms with Gasteiger partial charge in [0.1, 0.15) is 5.76 Å². The van der Waals surface area contributed by atoms with Crippen molar-refractivity contribution in [2.24, 2.45) is 0 Å². The number of hydrogen-bond acceptors (Lipinski definition) is 8. The van der Waals surface area contributed by atoms with Gasteiger partial charge in [-0.3, -0.25) is 4.79 Å². The van der Waals surface area contributed by atoms with Gasteiger partial charge < -0.3 is 20.0 Å². The van der Waals surface area contributed by atoms with E-state index < -0.39 is 0 Å². The van der Waals surface area contributed by atoms with Crippen LogP contribution in [0.25, 0.3) is 0 Å². The van der Waals surface area contributed by atoms with E-state index in [1.54, 1.807) is 24.2 Å². The summed E-state index contributed by atoms with van der Waals surface area (Å²) in [5.74, 6) is 2.15. The molecule has 9 heteroatoms. The molecule has 1 saturated heterocycles. The van der Waals surface area contributed by atoms with E-state index in [0.717, 1.165) is 35.2 Å². The molecule has 2 aromatic heterocycles. The molecule has 1 aromatic carbocycles. The fourth-order valence-corrected chi connectivity index (χ4v) is 5.58. The number of carbonyl (C=O) groups is 1. The van der Waals surface area contributed by atoms with Crippen molar-refractivity contribution in [3.8, 4) is 0 Å². The van der Waals surface area contributed by atoms with Gasteiger partial charge in [-0.25, -0.2) is 9.97 Å². The highest BCUT2D eigenvalue weighted by Crippen LogP contribution is 2.31. The molecule has 0 spiro atoms. The standard InChI is InChI=1S/C26H35N5O2S2/c1-26(2,3)21-16-28-23(33-21)18-34-24-17-29-25(35-24)30-22(32)14-19-6-8-20(9-7-19)15-27-10-13-31-11-4-5-12-31/h6-9,16-17,27H,4-5,10-15,18H2,1-3H3,(H,29,30,32). The van der Waals surface area contributed by atoms with Gasteiger partial charge in [0, 0.05) is 25.0 Å². The maximum absolute atomic E-state index is 12.5. The molecule has 0 bridgehead atoms. The van der Waals surface area contributed by atoms with Crippen LogP contribution in [0.3, 0.4) is 0 Å². The molecule has 3 heterocycles. The van der Waals surface area contributed by atoms with Crippen LogP contribution >= 0.6 is 23.1 Å². The summed E-state index contributed by atoms with van der Waals surface area (Å²) in [5, 5.41) is 7.04. The summed E-state index contributed by atoms with van der Waals surface area (Å²) >= 11 is 3.07. The molecule has 3 aromatic rings. The third-order valence-electron chi connectivity index (χ3n) is 5.88. The molecule has 1 fully saturated rings. The van der Waals surface area contributed by atoms with Gasteiger partial charge >= 0.3 is 0 Å². The number of aromatic nitrogens is 2. The first-order chi connectivity index (χ1) is 16.8. The van der Waals surface area contributed by atoms with Crippen LogP contribution < -0.4 is 10.6 Å². The van der Waals surface area contributed by atoms with Crippen molar-refractivity contribution in [3.05, 3.63) is 59.4 Å². The normalized spacial score (nSPS) is 14.5. The predicted molar refractivity (Wildman–Crippen MR) is 143 cm³/mol. The van der Waals surface area contributed by atoms with Gasteiger partial charge in [-0.05, 0) is 37.1 Å². The second kappa shape index (κ2) is 12.2. The summed E-state index contributed by atoms with van der Waals surface area (Å²) in [4.78, 5) is 23.7. The molecule has 4 rings (SSSR count). The number of benzene rings is 1. The van der Waals surface area contributed by atoms with Gasteiger partial charge in [-0.2, -0.15) is 0 Å². The fourth-order valence-electron chi connectivity index (χ4n) is 3.84. The lowest BCUT2D eigenvalue weighted by Gasteiger charge is -2.14. The largest absolute Gasteiger partial charge is 0.444 e. The lowest BCUT2D eigenvalue weighted by molar-refractivity contribution is -0.115. The summed E-state index contributed by atoms with van der Waals surface area (Å²) in [6.07, 6.45) is 6.58. The summed E-state index contributed by atoms with van der Waals surface area (Å²) in [7, 11) is 0. The Hall–Kier alpha value is -2.20. The Balaban J connectivity index is 1.17. The van der Waals surface area contributed by atoms with Crippen molar-refractivity contribution in [2.75, 3.05) is 31.5 Å². The van der Waals surface area contributed by atoms with Crippen LogP contribution in [-0.2, 0) is 28.9 Å². The highest BCUT2D eigenvalue weighted by Gasteiger charge is 2.19. The predicted octanol–water partition coefficient (Wildman–Crippen LogP) is 5.09. The molecule has 0 atom stereocenters. The lowest BCUT2D eigenvalue weighted by Crippen LogP contribution is -2.29. The van der Waals surface area contributed by atoms with Crippen molar-refractivity contribution in [3.63, 3.8) is 0 Å². The van der Waals surface area contributed by atoms with Gasteiger partial charge in [0.2, 0.25) is 11.8 Å². The Morgan fingerprint density at radius 2 is 1.86 bits per heavy atom. The minimum absolute atomic E-state index is 0.0534. The Morgan fingerprint density at radius 3 is 2.57 bits per heavy atom. The van der Waals surface area contributed by atoms with E-state index in [0.29, 0.717) is 23.2 Å². The minimum atomic E-state index is -0.0603. The number of likely N-dealkylation sites (tertiary alicyclic amines) is 1. The maximum atomic E-state index is 12.5. The third-order valence-corrected chi connectivity index (χ3v) is 7.97. The molecular weight excluding hydrogens is 478 g/mol. The first-order valence-electron chi connectivity index (χ1n) is 12.2. The SMILES string of the molecule is CC(C)(C)c1cnc(CSc2cnc(NC(=O)Cc3ccc(CNCCN4CCCC4)cc3)s2)o1. The number of oxazole rings is 1. The monoisotopic (exact) mass is 513 g/mol. The number of anilines is 1. The number of thiazole rings is 1. The van der Waals surface area contributed by atoms with Gasteiger partial charge in [-0.15, -0.1) is 11.8 Å². The Bertz CT molecular complexity index is 1080. The van der Waals surface area contributed by atoms with Crippen molar-refractivity contribution in [2.45, 2.75) is 62.0 Å². The first kappa shape index (κ1) is 25.9. The van der Waals surface area contributed by atoms with Crippen LogP contribution in [0.2, 0.25) is 0 Å². The molecule has 0 unspecified atom stereocenters. The van der Waals surface area contributed by atoms with Gasteiger partial charge in [0.05, 0.1) is 28.8 Å². The zero-order valence-electron chi connectivity index (χ0n) is 20.8. The van der Waals surface area contributed by atoms with Crippen LogP contribution in [0.5, 0.6) is 0 Å². The van der Waals surface area contributed by atoms with Crippen molar-refractivity contribution < 1.29 is 9.21 Å². The van der Waals surface area contributed by atoms with E-state index in [1.165, 1.54) is 42.8 Å². The van der Waals surface area contributed by atoms with Gasteiger partial charge in [0.15, 0.2) is 5.13 Å². The topological polar surface area (TPSA) is 83.3 Å². The minimum Gasteiger partial charge on any atom is -0.444 e. The maximum Gasteiger partial charge on any atom is 0.230 e. The Labute approximate surface area is 216 Å². The van der Waals surface area contributed by atoms with Crippen LogP contribution in [0, 0.1) is 0 Å². The zero-order chi connectivity index (χ0) is 24.7. The first-order valence-corrected chi connectivity index (χ1v) is 14.0. The average molecular weight is 514 g/mol. The molecule has 0 saturated carbocycles. The molecular formula is C26H35N5O2S2. The van der Waals surface area contributed by atoms with E-state index in [1.807, 2.05) is 12.1 Å². The molecule has 1 aliphatic rings. The summed E-state index contributed by atoms with van der Waals surface area (Å²) in [6, 6.07) is 8.25. The van der Waals surface area contributed by atoms with Crippen LogP contribution in [-0.4, -0.2) is 47.0 Å². The molecule has 35 heavy (non-hydrogen) atoms. The third kappa shape index (κ3) is 8.17. The number of amides is 1. The number of nitrogens with one attached hydrogen (secondary N) is 2. The highest BCUT2D eigenvalue weighted by molar-refractivity contribution is 8.00. The number of nitrogens with zero attached hydrogens (tertiary/aromatic N) is 3. The van der Waals surface area contributed by atoms with Crippen LogP contribution in [0.4, 0.5) is 5.13 Å². The molecule has 1 aliphatic heterocycles. The molecule has 1 amide bonds. The second-order valence-corrected chi connectivity index (χ2v) is 12.2. The van der Waals surface area contributed by atoms with E-state index >= 15 is 0 Å². The quantitative estimate of drug-likeness (QED) is 0.273. The number of thioether (sulfide) groups is 1. The van der Waals surface area contributed by atoms with E-state index in [9.17, 15) is 4.79 Å². The zero-order valence-corrected chi connectivity index (χ0v) is 22.4.